The first kappa shape index (κ1) is 30.7. The van der Waals surface area contributed by atoms with E-state index in [1.807, 2.05) is 54.6 Å². The van der Waals surface area contributed by atoms with Crippen LogP contribution in [0.1, 0.15) is 18.9 Å². The number of hydrogen-bond donors (Lipinski definition) is 7. The van der Waals surface area contributed by atoms with Crippen molar-refractivity contribution < 1.29 is 49.1 Å². The number of nitrogens with one attached hydrogen (secondary N) is 3. The maximum absolute atomic E-state index is 12.3. The molecule has 1 heterocycles. The third kappa shape index (κ3) is 7.40. The van der Waals surface area contributed by atoms with E-state index < -0.39 is 72.9 Å². The lowest BCUT2D eigenvalue weighted by atomic mass is 9.88. The minimum absolute atomic E-state index is 0.0625. The summed E-state index contributed by atoms with van der Waals surface area (Å²) in [4.78, 5) is 47.9. The largest absolute Gasteiger partial charge is 0.477 e. The quantitative estimate of drug-likeness (QED) is 0.175. The fourth-order valence-electron chi connectivity index (χ4n) is 4.34. The number of carboxylic acids is 1. The SMILES string of the molecule is CO[C@]1(C(=O)O)C[C@H](O)[C@@H](NC(C)=O)[C@H]([C@H](O)[C@H](O)CNC(=O)C(=O)NCc2ccc(-c3ccccc3)cc2)O1. The highest BCUT2D eigenvalue weighted by molar-refractivity contribution is 6.35. The molecule has 0 aliphatic carbocycles. The van der Waals surface area contributed by atoms with Crippen molar-refractivity contribution >= 4 is 23.7 Å². The first-order valence-electron chi connectivity index (χ1n) is 12.5. The molecule has 1 saturated heterocycles. The molecule has 0 bridgehead atoms. The summed E-state index contributed by atoms with van der Waals surface area (Å²) in [6.45, 7) is 0.570. The Hall–Kier alpha value is -3.88. The van der Waals surface area contributed by atoms with E-state index in [-0.39, 0.29) is 6.54 Å². The highest BCUT2D eigenvalue weighted by Crippen LogP contribution is 2.33. The third-order valence-corrected chi connectivity index (χ3v) is 6.52. The van der Waals surface area contributed by atoms with E-state index in [1.165, 1.54) is 0 Å². The number of amides is 3. The molecular formula is C27H33N3O10. The summed E-state index contributed by atoms with van der Waals surface area (Å²) in [5, 5.41) is 48.3. The Morgan fingerprint density at radius 3 is 2.17 bits per heavy atom. The predicted molar refractivity (Wildman–Crippen MR) is 139 cm³/mol. The van der Waals surface area contributed by atoms with E-state index in [4.69, 9.17) is 9.47 Å². The van der Waals surface area contributed by atoms with Gasteiger partial charge in [-0.25, -0.2) is 4.79 Å². The number of aliphatic carboxylic acids is 1. The Labute approximate surface area is 230 Å². The van der Waals surface area contributed by atoms with Crippen LogP contribution in [0.15, 0.2) is 54.6 Å². The summed E-state index contributed by atoms with van der Waals surface area (Å²) in [6, 6.07) is 15.8. The molecule has 1 fully saturated rings. The van der Waals surface area contributed by atoms with Crippen LogP contribution in [-0.4, -0.2) is 94.0 Å². The number of aliphatic hydroxyl groups is 3. The molecule has 0 unspecified atom stereocenters. The fraction of sp³-hybridized carbons (Fsp3) is 0.407. The van der Waals surface area contributed by atoms with Gasteiger partial charge in [0.05, 0.1) is 18.2 Å². The first-order chi connectivity index (χ1) is 19.0. The number of hydrogen-bond acceptors (Lipinski definition) is 9. The van der Waals surface area contributed by atoms with Crippen LogP contribution in [0.4, 0.5) is 0 Å². The van der Waals surface area contributed by atoms with Gasteiger partial charge in [0.25, 0.3) is 5.79 Å². The van der Waals surface area contributed by atoms with Gasteiger partial charge in [-0.15, -0.1) is 0 Å². The third-order valence-electron chi connectivity index (χ3n) is 6.52. The van der Waals surface area contributed by atoms with Gasteiger partial charge in [0.2, 0.25) is 5.91 Å². The molecule has 6 atom stereocenters. The normalized spacial score (nSPS) is 23.9. The Kier molecular flexibility index (Phi) is 10.3. The molecule has 7 N–H and O–H groups in total. The molecule has 3 amide bonds. The van der Waals surface area contributed by atoms with Crippen LogP contribution in [-0.2, 0) is 35.2 Å². The molecule has 216 valence electrons. The van der Waals surface area contributed by atoms with Gasteiger partial charge in [-0.2, -0.15) is 0 Å². The van der Waals surface area contributed by atoms with E-state index in [1.54, 1.807) is 0 Å². The van der Waals surface area contributed by atoms with Gasteiger partial charge >= 0.3 is 17.8 Å². The average Bonchev–Trinajstić information content (AvgIpc) is 2.95. The molecule has 13 nitrogen and oxygen atoms in total. The predicted octanol–water partition coefficient (Wildman–Crippen LogP) is -1.11. The summed E-state index contributed by atoms with van der Waals surface area (Å²) in [5.41, 5.74) is 2.77. The maximum Gasteiger partial charge on any atom is 0.364 e. The zero-order chi connectivity index (χ0) is 29.4. The van der Waals surface area contributed by atoms with Gasteiger partial charge in [0, 0.05) is 33.5 Å². The topological polar surface area (TPSA) is 204 Å². The molecule has 0 spiro atoms. The van der Waals surface area contributed by atoms with E-state index in [0.29, 0.717) is 0 Å². The Morgan fingerprint density at radius 1 is 1.00 bits per heavy atom. The molecule has 40 heavy (non-hydrogen) atoms. The molecule has 0 radical (unpaired) electrons. The lowest BCUT2D eigenvalue weighted by Crippen LogP contribution is -2.68. The lowest BCUT2D eigenvalue weighted by Gasteiger charge is -2.46. The van der Waals surface area contributed by atoms with Crippen LogP contribution in [0.2, 0.25) is 0 Å². The van der Waals surface area contributed by atoms with Crippen molar-refractivity contribution in [2.75, 3.05) is 13.7 Å². The summed E-state index contributed by atoms with van der Waals surface area (Å²) in [5.74, 6) is -6.64. The monoisotopic (exact) mass is 559 g/mol. The molecule has 0 saturated carbocycles. The van der Waals surface area contributed by atoms with E-state index in [0.717, 1.165) is 30.7 Å². The van der Waals surface area contributed by atoms with Gasteiger partial charge < -0.3 is 45.9 Å². The number of carbonyl (C=O) groups excluding carboxylic acids is 3. The van der Waals surface area contributed by atoms with Gasteiger partial charge in [-0.1, -0.05) is 54.6 Å². The molecule has 2 aromatic rings. The molecule has 0 aromatic heterocycles. The fourth-order valence-corrected chi connectivity index (χ4v) is 4.34. The maximum atomic E-state index is 12.3. The van der Waals surface area contributed by atoms with Crippen molar-refractivity contribution in [3.05, 3.63) is 60.2 Å². The smallest absolute Gasteiger partial charge is 0.364 e. The molecule has 1 aliphatic rings. The average molecular weight is 560 g/mol. The van der Waals surface area contributed by atoms with Crippen LogP contribution in [0.3, 0.4) is 0 Å². The number of carbonyl (C=O) groups is 4. The van der Waals surface area contributed by atoms with Crippen molar-refractivity contribution in [3.63, 3.8) is 0 Å². The standard InChI is InChI=1S/C27H33N3O10/c1-15(31)30-21-19(32)12-27(39-2,26(37)38)40-23(21)22(34)20(33)14-29-25(36)24(35)28-13-16-8-10-18(11-9-16)17-6-4-3-5-7-17/h3-11,19-23,32-34H,12-14H2,1-2H3,(H,28,35)(H,29,36)(H,30,31)(H,37,38)/t19-,20+,21+,22+,23+,27+/m0/s1. The van der Waals surface area contributed by atoms with Crippen molar-refractivity contribution in [3.8, 4) is 11.1 Å². The summed E-state index contributed by atoms with van der Waals surface area (Å²) in [7, 11) is 1.02. The van der Waals surface area contributed by atoms with Crippen LogP contribution >= 0.6 is 0 Å². The van der Waals surface area contributed by atoms with Gasteiger partial charge in [0.1, 0.15) is 12.2 Å². The Balaban J connectivity index is 1.56. The summed E-state index contributed by atoms with van der Waals surface area (Å²) >= 11 is 0. The highest BCUT2D eigenvalue weighted by Gasteiger charge is 2.55. The van der Waals surface area contributed by atoms with Crippen LogP contribution < -0.4 is 16.0 Å². The van der Waals surface area contributed by atoms with Crippen LogP contribution in [0.5, 0.6) is 0 Å². The molecule has 13 heteroatoms. The number of methoxy groups -OCH3 is 1. The van der Waals surface area contributed by atoms with Crippen LogP contribution in [0.25, 0.3) is 11.1 Å². The van der Waals surface area contributed by atoms with E-state index in [2.05, 4.69) is 16.0 Å². The second-order valence-corrected chi connectivity index (χ2v) is 9.36. The number of rotatable bonds is 10. The lowest BCUT2D eigenvalue weighted by molar-refractivity contribution is -0.303. The number of aliphatic hydroxyl groups excluding tert-OH is 3. The second-order valence-electron chi connectivity index (χ2n) is 9.36. The van der Waals surface area contributed by atoms with Gasteiger partial charge in [0.15, 0.2) is 0 Å². The molecule has 3 rings (SSSR count). The van der Waals surface area contributed by atoms with E-state index >= 15 is 0 Å². The second kappa shape index (κ2) is 13.5. The minimum Gasteiger partial charge on any atom is -0.477 e. The molecule has 2 aromatic carbocycles. The Morgan fingerprint density at radius 2 is 1.60 bits per heavy atom. The zero-order valence-electron chi connectivity index (χ0n) is 21.9. The van der Waals surface area contributed by atoms with Gasteiger partial charge in [-0.05, 0) is 16.7 Å². The zero-order valence-corrected chi connectivity index (χ0v) is 21.9. The first-order valence-corrected chi connectivity index (χ1v) is 12.5. The van der Waals surface area contributed by atoms with Crippen molar-refractivity contribution in [1.82, 2.24) is 16.0 Å². The number of ether oxygens (including phenoxy) is 2. The van der Waals surface area contributed by atoms with Crippen molar-refractivity contribution in [2.24, 2.45) is 0 Å². The number of benzene rings is 2. The van der Waals surface area contributed by atoms with Crippen LogP contribution in [0, 0.1) is 0 Å². The van der Waals surface area contributed by atoms with Crippen molar-refractivity contribution in [1.29, 1.82) is 0 Å². The minimum atomic E-state index is -2.36. The molecular weight excluding hydrogens is 526 g/mol. The molecule has 1 aliphatic heterocycles. The van der Waals surface area contributed by atoms with Crippen molar-refractivity contribution in [2.45, 2.75) is 56.1 Å². The Bertz CT molecular complexity index is 1190. The highest BCUT2D eigenvalue weighted by atomic mass is 16.7. The number of carboxylic acid groups (broad SMARTS) is 1. The summed E-state index contributed by atoms with van der Waals surface area (Å²) in [6.07, 6.45) is -7.44. The summed E-state index contributed by atoms with van der Waals surface area (Å²) < 4.78 is 10.4. The van der Waals surface area contributed by atoms with E-state index in [9.17, 15) is 39.6 Å². The van der Waals surface area contributed by atoms with Gasteiger partial charge in [-0.3, -0.25) is 14.4 Å².